The van der Waals surface area contributed by atoms with Gasteiger partial charge in [0, 0.05) is 12.7 Å². The van der Waals surface area contributed by atoms with Gasteiger partial charge >= 0.3 is 0 Å². The molecule has 24 heavy (non-hydrogen) atoms. The highest BCUT2D eigenvalue weighted by molar-refractivity contribution is 6.05. The third-order valence-corrected chi connectivity index (χ3v) is 4.48. The molecule has 130 valence electrons. The first-order chi connectivity index (χ1) is 11.1. The number of nitrogens with one attached hydrogen (secondary N) is 1. The molecular weight excluding hydrogens is 326 g/mol. The van der Waals surface area contributed by atoms with Gasteiger partial charge in [0.15, 0.2) is 5.69 Å². The molecule has 1 amide bonds. The molecule has 1 aliphatic rings. The molecule has 0 atom stereocenters. The first-order valence-electron chi connectivity index (χ1n) is 8.05. The second kappa shape index (κ2) is 7.77. The summed E-state index contributed by atoms with van der Waals surface area (Å²) in [4.78, 5) is 14.4. The molecule has 0 unspecified atom stereocenters. The van der Waals surface area contributed by atoms with Crippen LogP contribution in [0, 0.1) is 13.8 Å². The van der Waals surface area contributed by atoms with E-state index in [1.807, 2.05) is 42.8 Å². The van der Waals surface area contributed by atoms with Crippen molar-refractivity contribution in [2.75, 3.05) is 25.0 Å². The fourth-order valence-corrected chi connectivity index (χ4v) is 3.05. The summed E-state index contributed by atoms with van der Waals surface area (Å²) in [5.74, 6) is -0.117. The van der Waals surface area contributed by atoms with E-state index in [1.165, 1.54) is 0 Å². The molecule has 1 fully saturated rings. The highest BCUT2D eigenvalue weighted by Gasteiger charge is 2.25. The van der Waals surface area contributed by atoms with Crippen LogP contribution in [0.2, 0.25) is 0 Å². The number of hydrogen-bond acceptors (Lipinski definition) is 4. The SMILES string of the molecule is Cc1cccc(N(C)C(=O)c2nnn(C3CCNCC3)c2C)c1.Cl. The van der Waals surface area contributed by atoms with Gasteiger partial charge in [-0.25, -0.2) is 4.68 Å². The number of carbonyl (C=O) groups excluding carboxylic acids is 1. The summed E-state index contributed by atoms with van der Waals surface area (Å²) in [6.07, 6.45) is 2.04. The topological polar surface area (TPSA) is 63.1 Å². The summed E-state index contributed by atoms with van der Waals surface area (Å²) in [7, 11) is 1.78. The van der Waals surface area contributed by atoms with Crippen LogP contribution in [-0.2, 0) is 0 Å². The minimum atomic E-state index is -0.117. The van der Waals surface area contributed by atoms with Crippen molar-refractivity contribution in [3.8, 4) is 0 Å². The summed E-state index contributed by atoms with van der Waals surface area (Å²) in [5, 5.41) is 11.7. The Morgan fingerprint density at radius 3 is 2.67 bits per heavy atom. The van der Waals surface area contributed by atoms with Gasteiger partial charge in [-0.2, -0.15) is 0 Å². The van der Waals surface area contributed by atoms with Gasteiger partial charge < -0.3 is 10.2 Å². The van der Waals surface area contributed by atoms with Crippen LogP contribution in [0.25, 0.3) is 0 Å². The van der Waals surface area contributed by atoms with E-state index in [0.717, 1.165) is 42.9 Å². The molecule has 1 aromatic heterocycles. The Hall–Kier alpha value is -1.92. The van der Waals surface area contributed by atoms with E-state index in [-0.39, 0.29) is 18.3 Å². The Bertz CT molecular complexity index is 709. The summed E-state index contributed by atoms with van der Waals surface area (Å²) in [5.41, 5.74) is 3.27. The number of amides is 1. The molecule has 0 spiro atoms. The quantitative estimate of drug-likeness (QED) is 0.924. The van der Waals surface area contributed by atoms with Crippen molar-refractivity contribution in [2.45, 2.75) is 32.7 Å². The highest BCUT2D eigenvalue weighted by atomic mass is 35.5. The van der Waals surface area contributed by atoms with Gasteiger partial charge in [0.05, 0.1) is 11.7 Å². The minimum absolute atomic E-state index is 0. The molecule has 0 saturated carbocycles. The number of nitrogens with zero attached hydrogens (tertiary/aromatic N) is 4. The maximum Gasteiger partial charge on any atom is 0.280 e. The van der Waals surface area contributed by atoms with E-state index in [4.69, 9.17) is 0 Å². The fraction of sp³-hybridized carbons (Fsp3) is 0.471. The first kappa shape index (κ1) is 18.4. The highest BCUT2D eigenvalue weighted by Crippen LogP contribution is 2.22. The van der Waals surface area contributed by atoms with Gasteiger partial charge in [0.1, 0.15) is 0 Å². The Kier molecular flexibility index (Phi) is 5.96. The second-order valence-electron chi connectivity index (χ2n) is 6.15. The van der Waals surface area contributed by atoms with Crippen molar-refractivity contribution in [2.24, 2.45) is 0 Å². The second-order valence-corrected chi connectivity index (χ2v) is 6.15. The number of halogens is 1. The lowest BCUT2D eigenvalue weighted by Crippen LogP contribution is -2.31. The van der Waals surface area contributed by atoms with E-state index in [9.17, 15) is 4.79 Å². The summed E-state index contributed by atoms with van der Waals surface area (Å²) < 4.78 is 1.91. The summed E-state index contributed by atoms with van der Waals surface area (Å²) in [6.45, 7) is 5.91. The van der Waals surface area contributed by atoms with Crippen LogP contribution in [0.4, 0.5) is 5.69 Å². The summed E-state index contributed by atoms with van der Waals surface area (Å²) in [6, 6.07) is 8.21. The smallest absolute Gasteiger partial charge is 0.280 e. The van der Waals surface area contributed by atoms with Gasteiger partial charge in [-0.15, -0.1) is 17.5 Å². The van der Waals surface area contributed by atoms with Crippen molar-refractivity contribution >= 4 is 24.0 Å². The van der Waals surface area contributed by atoms with Crippen LogP contribution in [-0.4, -0.2) is 41.0 Å². The van der Waals surface area contributed by atoms with Crippen molar-refractivity contribution in [1.29, 1.82) is 0 Å². The van der Waals surface area contributed by atoms with Gasteiger partial charge in [0.25, 0.3) is 5.91 Å². The van der Waals surface area contributed by atoms with Crippen molar-refractivity contribution in [3.63, 3.8) is 0 Å². The predicted molar refractivity (Wildman–Crippen MR) is 97.1 cm³/mol. The molecule has 2 heterocycles. The van der Waals surface area contributed by atoms with E-state index >= 15 is 0 Å². The van der Waals surface area contributed by atoms with Crippen LogP contribution in [0.1, 0.15) is 40.6 Å². The van der Waals surface area contributed by atoms with Gasteiger partial charge in [0.2, 0.25) is 0 Å². The van der Waals surface area contributed by atoms with E-state index in [2.05, 4.69) is 15.6 Å². The van der Waals surface area contributed by atoms with Crippen LogP contribution in [0.5, 0.6) is 0 Å². The lowest BCUT2D eigenvalue weighted by atomic mass is 10.1. The van der Waals surface area contributed by atoms with E-state index in [0.29, 0.717) is 11.7 Å². The molecule has 1 aromatic carbocycles. The predicted octanol–water partition coefficient (Wildman–Crippen LogP) is 2.52. The molecule has 1 N–H and O–H groups in total. The molecule has 0 radical (unpaired) electrons. The largest absolute Gasteiger partial charge is 0.317 e. The number of aromatic nitrogens is 3. The maximum absolute atomic E-state index is 12.8. The lowest BCUT2D eigenvalue weighted by molar-refractivity contribution is 0.0987. The van der Waals surface area contributed by atoms with Crippen LogP contribution >= 0.6 is 12.4 Å². The number of piperidine rings is 1. The molecule has 0 aliphatic carbocycles. The normalized spacial score (nSPS) is 15.0. The zero-order valence-electron chi connectivity index (χ0n) is 14.3. The Balaban J connectivity index is 0.00000208. The van der Waals surface area contributed by atoms with E-state index in [1.54, 1.807) is 11.9 Å². The third-order valence-electron chi connectivity index (χ3n) is 4.48. The number of rotatable bonds is 3. The van der Waals surface area contributed by atoms with Crippen LogP contribution < -0.4 is 10.2 Å². The zero-order valence-corrected chi connectivity index (χ0v) is 15.1. The number of carbonyl (C=O) groups is 1. The maximum atomic E-state index is 12.8. The Morgan fingerprint density at radius 1 is 1.29 bits per heavy atom. The van der Waals surface area contributed by atoms with Gasteiger partial charge in [-0.1, -0.05) is 17.3 Å². The standard InChI is InChI=1S/C17H23N5O.ClH/c1-12-5-4-6-15(11-12)21(3)17(23)16-13(2)22(20-19-16)14-7-9-18-10-8-14;/h4-6,11,14,18H,7-10H2,1-3H3;1H. The monoisotopic (exact) mass is 349 g/mol. The average Bonchev–Trinajstić information content (AvgIpc) is 2.96. The Morgan fingerprint density at radius 2 is 2.00 bits per heavy atom. The fourth-order valence-electron chi connectivity index (χ4n) is 3.05. The molecular formula is C17H24ClN5O. The number of anilines is 1. The average molecular weight is 350 g/mol. The molecule has 1 aliphatic heterocycles. The van der Waals surface area contributed by atoms with Crippen LogP contribution in [0.15, 0.2) is 24.3 Å². The zero-order chi connectivity index (χ0) is 16.4. The number of aryl methyl sites for hydroxylation is 1. The molecule has 6 nitrogen and oxygen atoms in total. The molecule has 2 aromatic rings. The molecule has 7 heteroatoms. The van der Waals surface area contributed by atoms with E-state index < -0.39 is 0 Å². The van der Waals surface area contributed by atoms with Crippen molar-refractivity contribution in [3.05, 3.63) is 41.2 Å². The molecule has 3 rings (SSSR count). The molecule has 0 bridgehead atoms. The van der Waals surface area contributed by atoms with Gasteiger partial charge in [-0.3, -0.25) is 4.79 Å². The van der Waals surface area contributed by atoms with Crippen molar-refractivity contribution < 1.29 is 4.79 Å². The first-order valence-corrected chi connectivity index (χ1v) is 8.05. The van der Waals surface area contributed by atoms with Crippen LogP contribution in [0.3, 0.4) is 0 Å². The molecule has 1 saturated heterocycles. The van der Waals surface area contributed by atoms with Gasteiger partial charge in [-0.05, 0) is 57.5 Å². The minimum Gasteiger partial charge on any atom is -0.317 e. The third kappa shape index (κ3) is 3.60. The number of benzene rings is 1. The summed E-state index contributed by atoms with van der Waals surface area (Å²) >= 11 is 0. The van der Waals surface area contributed by atoms with Crippen molar-refractivity contribution in [1.82, 2.24) is 20.3 Å². The Labute approximate surface area is 148 Å². The lowest BCUT2D eigenvalue weighted by Gasteiger charge is -2.23. The number of hydrogen-bond donors (Lipinski definition) is 1.